The minimum Gasteiger partial charge on any atom is -0.396 e. The van der Waals surface area contributed by atoms with Crippen molar-refractivity contribution >= 4 is 23.2 Å². The minimum atomic E-state index is -0.139. The van der Waals surface area contributed by atoms with E-state index in [1.54, 1.807) is 16.2 Å². The van der Waals surface area contributed by atoms with E-state index in [1.807, 2.05) is 17.5 Å². The molecule has 5 nitrogen and oxygen atoms in total. The number of nitrogens with zero attached hydrogens (tertiary/aromatic N) is 1. The zero-order valence-electron chi connectivity index (χ0n) is 12.8. The number of likely N-dealkylation sites (tertiary alicyclic amines) is 1. The zero-order valence-corrected chi connectivity index (χ0v) is 13.6. The van der Waals surface area contributed by atoms with Crippen LogP contribution in [0.3, 0.4) is 0 Å². The number of carbonyl (C=O) groups excluding carboxylic acids is 2. The molecule has 0 unspecified atom stereocenters. The number of hydrogen-bond acceptors (Lipinski definition) is 4. The van der Waals surface area contributed by atoms with Crippen molar-refractivity contribution in [2.75, 3.05) is 26.2 Å². The number of nitrogens with one attached hydrogen (secondary N) is 1. The number of aliphatic hydroxyl groups excluding tert-OH is 1. The van der Waals surface area contributed by atoms with Gasteiger partial charge >= 0.3 is 0 Å². The molecule has 1 saturated heterocycles. The molecule has 22 heavy (non-hydrogen) atoms. The normalized spacial score (nSPS) is 17.1. The minimum absolute atomic E-state index is 0.0161. The van der Waals surface area contributed by atoms with Crippen molar-refractivity contribution in [3.05, 3.63) is 22.4 Å². The van der Waals surface area contributed by atoms with Gasteiger partial charge in [-0.05, 0) is 30.7 Å². The first-order valence-corrected chi connectivity index (χ1v) is 8.74. The van der Waals surface area contributed by atoms with Gasteiger partial charge in [-0.1, -0.05) is 12.5 Å². The summed E-state index contributed by atoms with van der Waals surface area (Å²) >= 11 is 1.66. The molecule has 2 N–H and O–H groups in total. The van der Waals surface area contributed by atoms with Gasteiger partial charge in [-0.15, -0.1) is 11.3 Å². The van der Waals surface area contributed by atoms with Crippen LogP contribution in [0.2, 0.25) is 0 Å². The lowest BCUT2D eigenvalue weighted by molar-refractivity contribution is -0.135. The summed E-state index contributed by atoms with van der Waals surface area (Å²) in [6, 6.07) is 4.02. The molecule has 0 aromatic carbocycles. The fourth-order valence-corrected chi connectivity index (χ4v) is 3.43. The van der Waals surface area contributed by atoms with Crippen LogP contribution in [0.4, 0.5) is 0 Å². The molecule has 0 radical (unpaired) electrons. The van der Waals surface area contributed by atoms with Crippen LogP contribution in [-0.4, -0.2) is 48.1 Å². The Bertz CT molecular complexity index is 476. The average Bonchev–Trinajstić information content (AvgIpc) is 2.94. The second-order valence-corrected chi connectivity index (χ2v) is 6.79. The summed E-state index contributed by atoms with van der Waals surface area (Å²) in [5.74, 6) is -0.0488. The number of amides is 2. The van der Waals surface area contributed by atoms with E-state index in [9.17, 15) is 14.7 Å². The maximum Gasteiger partial charge on any atom is 0.239 e. The highest BCUT2D eigenvalue weighted by molar-refractivity contribution is 7.09. The van der Waals surface area contributed by atoms with Gasteiger partial charge in [0.25, 0.3) is 0 Å². The van der Waals surface area contributed by atoms with Crippen LogP contribution in [0.25, 0.3) is 0 Å². The largest absolute Gasteiger partial charge is 0.396 e. The van der Waals surface area contributed by atoms with Crippen LogP contribution >= 0.6 is 11.3 Å². The van der Waals surface area contributed by atoms with Crippen molar-refractivity contribution in [3.8, 4) is 0 Å². The lowest BCUT2D eigenvalue weighted by Gasteiger charge is -2.21. The van der Waals surface area contributed by atoms with Gasteiger partial charge in [0.1, 0.15) is 0 Å². The van der Waals surface area contributed by atoms with Crippen LogP contribution in [0.15, 0.2) is 17.5 Å². The van der Waals surface area contributed by atoms with E-state index < -0.39 is 0 Å². The predicted molar refractivity (Wildman–Crippen MR) is 86.7 cm³/mol. The highest BCUT2D eigenvalue weighted by atomic mass is 32.1. The number of hydrogen-bond donors (Lipinski definition) is 2. The van der Waals surface area contributed by atoms with Crippen LogP contribution in [0.1, 0.15) is 30.6 Å². The van der Waals surface area contributed by atoms with Crippen LogP contribution in [0, 0.1) is 5.92 Å². The SMILES string of the molecule is O=C(CN1CCCCCC1=O)NC[C@H](CO)Cc1cccs1. The van der Waals surface area contributed by atoms with Crippen molar-refractivity contribution in [1.29, 1.82) is 0 Å². The fourth-order valence-electron chi connectivity index (χ4n) is 2.61. The summed E-state index contributed by atoms with van der Waals surface area (Å²) in [5, 5.41) is 14.3. The molecule has 0 saturated carbocycles. The summed E-state index contributed by atoms with van der Waals surface area (Å²) in [7, 11) is 0. The Morgan fingerprint density at radius 2 is 2.27 bits per heavy atom. The Morgan fingerprint density at radius 3 is 3.00 bits per heavy atom. The Balaban J connectivity index is 1.74. The zero-order chi connectivity index (χ0) is 15.8. The summed E-state index contributed by atoms with van der Waals surface area (Å²) in [6.45, 7) is 1.29. The summed E-state index contributed by atoms with van der Waals surface area (Å²) in [4.78, 5) is 26.7. The molecule has 1 aliphatic rings. The number of thiophene rings is 1. The third-order valence-corrected chi connectivity index (χ3v) is 4.82. The highest BCUT2D eigenvalue weighted by Crippen LogP contribution is 2.14. The number of rotatable bonds is 7. The molecule has 6 heteroatoms. The topological polar surface area (TPSA) is 69.6 Å². The molecule has 0 aliphatic carbocycles. The summed E-state index contributed by atoms with van der Waals surface area (Å²) in [5.41, 5.74) is 0. The van der Waals surface area contributed by atoms with Crippen LogP contribution < -0.4 is 5.32 Å². The third-order valence-electron chi connectivity index (χ3n) is 3.92. The fraction of sp³-hybridized carbons (Fsp3) is 0.625. The molecule has 1 aromatic rings. The lowest BCUT2D eigenvalue weighted by atomic mass is 10.1. The first kappa shape index (κ1) is 17.0. The molecular formula is C16H24N2O3S. The molecule has 1 aromatic heterocycles. The van der Waals surface area contributed by atoms with Gasteiger partial charge in [-0.3, -0.25) is 9.59 Å². The van der Waals surface area contributed by atoms with E-state index in [0.29, 0.717) is 19.5 Å². The van der Waals surface area contributed by atoms with E-state index >= 15 is 0 Å². The van der Waals surface area contributed by atoms with Gasteiger partial charge in [-0.25, -0.2) is 0 Å². The first-order chi connectivity index (χ1) is 10.7. The Labute approximate surface area is 135 Å². The van der Waals surface area contributed by atoms with Gasteiger partial charge < -0.3 is 15.3 Å². The molecule has 1 atom stereocenters. The van der Waals surface area contributed by atoms with Crippen LogP contribution in [-0.2, 0) is 16.0 Å². The summed E-state index contributed by atoms with van der Waals surface area (Å²) in [6.07, 6.45) is 4.25. The number of carbonyl (C=O) groups is 2. The Kier molecular flexibility index (Phi) is 6.86. The molecule has 0 spiro atoms. The molecule has 1 fully saturated rings. The Hall–Kier alpha value is -1.40. The lowest BCUT2D eigenvalue weighted by Crippen LogP contribution is -2.42. The Morgan fingerprint density at radius 1 is 1.41 bits per heavy atom. The van der Waals surface area contributed by atoms with E-state index in [1.165, 1.54) is 4.88 Å². The molecule has 0 bridgehead atoms. The van der Waals surface area contributed by atoms with E-state index in [2.05, 4.69) is 5.32 Å². The van der Waals surface area contributed by atoms with Crippen molar-refractivity contribution in [2.45, 2.75) is 32.1 Å². The van der Waals surface area contributed by atoms with Gasteiger partial charge in [0.2, 0.25) is 11.8 Å². The van der Waals surface area contributed by atoms with Gasteiger partial charge in [0.15, 0.2) is 0 Å². The molecule has 2 rings (SSSR count). The van der Waals surface area contributed by atoms with Crippen molar-refractivity contribution in [3.63, 3.8) is 0 Å². The standard InChI is InChI=1S/C16H24N2O3S/c19-12-13(9-14-5-4-8-22-14)10-17-15(20)11-18-7-3-1-2-6-16(18)21/h4-5,8,13,19H,1-3,6-7,9-12H2,(H,17,20)/t13-/m1/s1. The molecule has 2 amide bonds. The first-order valence-electron chi connectivity index (χ1n) is 7.86. The van der Waals surface area contributed by atoms with Crippen molar-refractivity contribution in [1.82, 2.24) is 10.2 Å². The van der Waals surface area contributed by atoms with Crippen molar-refractivity contribution in [2.24, 2.45) is 5.92 Å². The maximum absolute atomic E-state index is 12.0. The molecule has 2 heterocycles. The average molecular weight is 324 g/mol. The molecule has 122 valence electrons. The second kappa shape index (κ2) is 8.90. The number of aliphatic hydroxyl groups is 1. The monoisotopic (exact) mass is 324 g/mol. The van der Waals surface area contributed by atoms with E-state index in [0.717, 1.165) is 25.7 Å². The molecule has 1 aliphatic heterocycles. The predicted octanol–water partition coefficient (Wildman–Crippen LogP) is 1.42. The second-order valence-electron chi connectivity index (χ2n) is 5.76. The summed E-state index contributed by atoms with van der Waals surface area (Å²) < 4.78 is 0. The smallest absolute Gasteiger partial charge is 0.239 e. The molecular weight excluding hydrogens is 300 g/mol. The van der Waals surface area contributed by atoms with E-state index in [-0.39, 0.29) is 30.9 Å². The maximum atomic E-state index is 12.0. The van der Waals surface area contributed by atoms with Crippen LogP contribution in [0.5, 0.6) is 0 Å². The highest BCUT2D eigenvalue weighted by Gasteiger charge is 2.19. The van der Waals surface area contributed by atoms with Gasteiger partial charge in [-0.2, -0.15) is 0 Å². The third kappa shape index (κ3) is 5.42. The van der Waals surface area contributed by atoms with Gasteiger partial charge in [0.05, 0.1) is 6.54 Å². The quantitative estimate of drug-likeness (QED) is 0.797. The van der Waals surface area contributed by atoms with Crippen molar-refractivity contribution < 1.29 is 14.7 Å². The van der Waals surface area contributed by atoms with E-state index in [4.69, 9.17) is 0 Å². The van der Waals surface area contributed by atoms with Gasteiger partial charge in [0, 0.05) is 36.9 Å².